The normalized spacial score (nSPS) is 13.1. The molecular formula is C20H23ClO3. The van der Waals surface area contributed by atoms with E-state index < -0.39 is 5.97 Å². The summed E-state index contributed by atoms with van der Waals surface area (Å²) in [5.41, 5.74) is 4.63. The molecule has 24 heavy (non-hydrogen) atoms. The van der Waals surface area contributed by atoms with Gasteiger partial charge in [0.1, 0.15) is 5.75 Å². The van der Waals surface area contributed by atoms with Crippen molar-refractivity contribution in [3.8, 4) is 5.75 Å². The summed E-state index contributed by atoms with van der Waals surface area (Å²) in [6, 6.07) is 1.97. The van der Waals surface area contributed by atoms with E-state index in [1.165, 1.54) is 6.08 Å². The van der Waals surface area contributed by atoms with Gasteiger partial charge in [0.2, 0.25) is 0 Å². The molecular weight excluding hydrogens is 324 g/mol. The van der Waals surface area contributed by atoms with Crippen molar-refractivity contribution < 1.29 is 14.6 Å². The third-order valence-electron chi connectivity index (χ3n) is 3.51. The van der Waals surface area contributed by atoms with Crippen molar-refractivity contribution >= 4 is 23.6 Å². The van der Waals surface area contributed by atoms with E-state index in [0.29, 0.717) is 10.6 Å². The molecule has 0 aliphatic heterocycles. The first kappa shape index (κ1) is 19.8. The number of methoxy groups -OCH3 is 1. The van der Waals surface area contributed by atoms with E-state index in [1.54, 1.807) is 20.1 Å². The van der Waals surface area contributed by atoms with Crippen molar-refractivity contribution in [2.75, 3.05) is 7.11 Å². The van der Waals surface area contributed by atoms with Crippen LogP contribution in [0.3, 0.4) is 0 Å². The van der Waals surface area contributed by atoms with Gasteiger partial charge in [0.05, 0.1) is 12.1 Å². The van der Waals surface area contributed by atoms with E-state index in [2.05, 4.69) is 0 Å². The molecule has 0 fully saturated rings. The lowest BCUT2D eigenvalue weighted by Gasteiger charge is -2.12. The number of aryl methyl sites for hydroxylation is 1. The number of ether oxygens (including phenoxy) is 1. The molecule has 128 valence electrons. The first-order valence-electron chi connectivity index (χ1n) is 7.54. The molecule has 1 aromatic carbocycles. The number of halogens is 1. The van der Waals surface area contributed by atoms with Crippen LogP contribution in [0.4, 0.5) is 0 Å². The van der Waals surface area contributed by atoms with Gasteiger partial charge in [0, 0.05) is 11.6 Å². The Balaban J connectivity index is 2.97. The molecule has 4 heteroatoms. The second-order valence-corrected chi connectivity index (χ2v) is 5.96. The summed E-state index contributed by atoms with van der Waals surface area (Å²) in [7, 11) is 1.63. The smallest absolute Gasteiger partial charge is 0.328 e. The van der Waals surface area contributed by atoms with Crippen LogP contribution < -0.4 is 4.74 Å². The summed E-state index contributed by atoms with van der Waals surface area (Å²) >= 11 is 6.43. The minimum atomic E-state index is -0.947. The SMILES string of the molecule is COc1cc(C)c(C=CC(C)=CC=CC(C)=CC(=O)O)c(Cl)c1C. The van der Waals surface area contributed by atoms with E-state index >= 15 is 0 Å². The maximum atomic E-state index is 10.5. The van der Waals surface area contributed by atoms with Crippen LogP contribution in [0.2, 0.25) is 5.02 Å². The van der Waals surface area contributed by atoms with Crippen molar-refractivity contribution in [2.45, 2.75) is 27.7 Å². The Morgan fingerprint density at radius 1 is 1.21 bits per heavy atom. The van der Waals surface area contributed by atoms with Crippen LogP contribution in [0.5, 0.6) is 5.75 Å². The minimum Gasteiger partial charge on any atom is -0.496 e. The number of carboxylic acid groups (broad SMARTS) is 1. The van der Waals surface area contributed by atoms with E-state index in [-0.39, 0.29) is 0 Å². The van der Waals surface area contributed by atoms with Crippen LogP contribution in [0, 0.1) is 13.8 Å². The van der Waals surface area contributed by atoms with Crippen molar-refractivity contribution in [2.24, 2.45) is 0 Å². The Labute approximate surface area is 148 Å². The molecule has 0 aliphatic carbocycles. The van der Waals surface area contributed by atoms with Gasteiger partial charge in [-0.15, -0.1) is 0 Å². The molecule has 0 heterocycles. The number of carboxylic acids is 1. The molecule has 3 nitrogen and oxygen atoms in total. The fraction of sp³-hybridized carbons (Fsp3) is 0.250. The predicted molar refractivity (Wildman–Crippen MR) is 101 cm³/mol. The zero-order valence-electron chi connectivity index (χ0n) is 14.7. The molecule has 1 rings (SSSR count). The van der Waals surface area contributed by atoms with Gasteiger partial charge in [-0.05, 0) is 50.5 Å². The van der Waals surface area contributed by atoms with Gasteiger partial charge in [-0.1, -0.05) is 47.6 Å². The molecule has 0 saturated heterocycles. The van der Waals surface area contributed by atoms with Gasteiger partial charge in [-0.3, -0.25) is 0 Å². The lowest BCUT2D eigenvalue weighted by Crippen LogP contribution is -1.93. The number of hydrogen-bond acceptors (Lipinski definition) is 2. The zero-order valence-corrected chi connectivity index (χ0v) is 15.4. The van der Waals surface area contributed by atoms with Crippen molar-refractivity contribution in [3.63, 3.8) is 0 Å². The van der Waals surface area contributed by atoms with Crippen LogP contribution >= 0.6 is 11.6 Å². The third-order valence-corrected chi connectivity index (χ3v) is 4.00. The molecule has 0 radical (unpaired) electrons. The topological polar surface area (TPSA) is 46.5 Å². The molecule has 0 atom stereocenters. The second kappa shape index (κ2) is 9.14. The first-order valence-corrected chi connectivity index (χ1v) is 7.92. The lowest BCUT2D eigenvalue weighted by molar-refractivity contribution is -0.131. The quantitative estimate of drug-likeness (QED) is 0.545. The summed E-state index contributed by atoms with van der Waals surface area (Å²) in [6.45, 7) is 7.64. The first-order chi connectivity index (χ1) is 11.3. The highest BCUT2D eigenvalue weighted by Crippen LogP contribution is 2.32. The Hall–Kier alpha value is -2.26. The molecule has 0 bridgehead atoms. The second-order valence-electron chi connectivity index (χ2n) is 5.58. The van der Waals surface area contributed by atoms with Crippen molar-refractivity contribution in [1.82, 2.24) is 0 Å². The zero-order chi connectivity index (χ0) is 18.3. The summed E-state index contributed by atoms with van der Waals surface area (Å²) in [4.78, 5) is 10.5. The van der Waals surface area contributed by atoms with Crippen LogP contribution in [0.1, 0.15) is 30.5 Å². The van der Waals surface area contributed by atoms with E-state index in [0.717, 1.165) is 28.0 Å². The summed E-state index contributed by atoms with van der Waals surface area (Å²) in [5.74, 6) is -0.164. The Bertz CT molecular complexity index is 738. The molecule has 0 unspecified atom stereocenters. The van der Waals surface area contributed by atoms with E-state index in [4.69, 9.17) is 21.4 Å². The third kappa shape index (κ3) is 5.74. The van der Waals surface area contributed by atoms with Gasteiger partial charge in [0.15, 0.2) is 0 Å². The van der Waals surface area contributed by atoms with Gasteiger partial charge < -0.3 is 9.84 Å². The Morgan fingerprint density at radius 2 is 1.88 bits per heavy atom. The van der Waals surface area contributed by atoms with Crippen LogP contribution in [-0.2, 0) is 4.79 Å². The Morgan fingerprint density at radius 3 is 2.46 bits per heavy atom. The van der Waals surface area contributed by atoms with Gasteiger partial charge in [-0.25, -0.2) is 4.79 Å². The monoisotopic (exact) mass is 346 g/mol. The maximum absolute atomic E-state index is 10.5. The molecule has 0 saturated carbocycles. The van der Waals surface area contributed by atoms with Crippen LogP contribution in [0.15, 0.2) is 47.6 Å². The number of rotatable bonds is 6. The number of aliphatic carboxylic acids is 1. The highest BCUT2D eigenvalue weighted by molar-refractivity contribution is 6.33. The lowest BCUT2D eigenvalue weighted by atomic mass is 10.0. The number of carbonyl (C=O) groups is 1. The standard InChI is InChI=1S/C20H23ClO3/c1-13(7-6-8-14(2)11-19(22)23)9-10-17-15(3)12-18(24-5)16(4)20(17)21/h6-12H,1-5H3,(H,22,23). The number of benzene rings is 1. The van der Waals surface area contributed by atoms with Crippen LogP contribution in [-0.4, -0.2) is 18.2 Å². The van der Waals surface area contributed by atoms with E-state index in [1.807, 2.05) is 51.1 Å². The molecule has 0 spiro atoms. The summed E-state index contributed by atoms with van der Waals surface area (Å²) < 4.78 is 5.31. The van der Waals surface area contributed by atoms with Crippen LogP contribution in [0.25, 0.3) is 6.08 Å². The Kier molecular flexibility index (Phi) is 7.53. The summed E-state index contributed by atoms with van der Waals surface area (Å²) in [6.07, 6.45) is 10.6. The van der Waals surface area contributed by atoms with Gasteiger partial charge >= 0.3 is 5.97 Å². The predicted octanol–water partition coefficient (Wildman–Crippen LogP) is 5.51. The van der Waals surface area contributed by atoms with Crippen molar-refractivity contribution in [1.29, 1.82) is 0 Å². The fourth-order valence-electron chi connectivity index (χ4n) is 2.15. The average molecular weight is 347 g/mol. The minimum absolute atomic E-state index is 0.681. The molecule has 1 aromatic rings. The number of hydrogen-bond donors (Lipinski definition) is 1. The molecule has 1 N–H and O–H groups in total. The largest absolute Gasteiger partial charge is 0.496 e. The van der Waals surface area contributed by atoms with Gasteiger partial charge in [-0.2, -0.15) is 0 Å². The van der Waals surface area contributed by atoms with Gasteiger partial charge in [0.25, 0.3) is 0 Å². The van der Waals surface area contributed by atoms with Crippen molar-refractivity contribution in [3.05, 3.63) is 69.3 Å². The number of allylic oxidation sites excluding steroid dienone is 6. The highest BCUT2D eigenvalue weighted by atomic mass is 35.5. The molecule has 0 amide bonds. The fourth-order valence-corrected chi connectivity index (χ4v) is 2.45. The average Bonchev–Trinajstić information content (AvgIpc) is 2.50. The molecule has 0 aromatic heterocycles. The molecule has 0 aliphatic rings. The van der Waals surface area contributed by atoms with E-state index in [9.17, 15) is 4.79 Å². The highest BCUT2D eigenvalue weighted by Gasteiger charge is 2.10. The summed E-state index contributed by atoms with van der Waals surface area (Å²) in [5, 5.41) is 9.34. The maximum Gasteiger partial charge on any atom is 0.328 e.